The molecule has 1 aromatic carbocycles. The van der Waals surface area contributed by atoms with Gasteiger partial charge in [0.25, 0.3) is 0 Å². The van der Waals surface area contributed by atoms with Crippen LogP contribution in [0, 0.1) is 0 Å². The van der Waals surface area contributed by atoms with Crippen LogP contribution in [0.4, 0.5) is 5.69 Å². The lowest BCUT2D eigenvalue weighted by molar-refractivity contribution is 1.52. The Kier molecular flexibility index (Phi) is 3.64. The van der Waals surface area contributed by atoms with Crippen LogP contribution >= 0.6 is 0 Å². The number of hydrogen-bond donors (Lipinski definition) is 1. The standard InChI is InChI=1S/C10H12N2/c1-2-8-11-9-12-10-6-4-3-5-7-10/h2-9H,1H3,(H,11,12)/b8-2-. The van der Waals surface area contributed by atoms with Gasteiger partial charge in [-0.2, -0.15) is 0 Å². The van der Waals surface area contributed by atoms with Crippen LogP contribution in [0.3, 0.4) is 0 Å². The Morgan fingerprint density at radius 1 is 1.25 bits per heavy atom. The number of nitrogens with zero attached hydrogens (tertiary/aromatic N) is 1. The molecule has 2 nitrogen and oxygen atoms in total. The van der Waals surface area contributed by atoms with Crippen LogP contribution in [0.15, 0.2) is 47.6 Å². The summed E-state index contributed by atoms with van der Waals surface area (Å²) in [6.45, 7) is 1.93. The van der Waals surface area contributed by atoms with Crippen molar-refractivity contribution in [2.75, 3.05) is 5.32 Å². The minimum absolute atomic E-state index is 1.05. The van der Waals surface area contributed by atoms with E-state index >= 15 is 0 Å². The van der Waals surface area contributed by atoms with E-state index in [1.165, 1.54) is 0 Å². The van der Waals surface area contributed by atoms with Crippen molar-refractivity contribution in [1.29, 1.82) is 0 Å². The van der Waals surface area contributed by atoms with Gasteiger partial charge in [0.05, 0.1) is 6.34 Å². The Balaban J connectivity index is 2.43. The van der Waals surface area contributed by atoms with Crippen LogP contribution in [-0.4, -0.2) is 6.34 Å². The van der Waals surface area contributed by atoms with Crippen molar-refractivity contribution in [3.8, 4) is 0 Å². The van der Waals surface area contributed by atoms with Gasteiger partial charge < -0.3 is 5.32 Å². The molecule has 1 rings (SSSR count). The third kappa shape index (κ3) is 3.01. The average Bonchev–Trinajstić information content (AvgIpc) is 2.14. The van der Waals surface area contributed by atoms with E-state index in [2.05, 4.69) is 10.3 Å². The molecule has 0 spiro atoms. The lowest BCUT2D eigenvalue weighted by Gasteiger charge is -1.96. The summed E-state index contributed by atoms with van der Waals surface area (Å²) in [4.78, 5) is 3.97. The zero-order chi connectivity index (χ0) is 8.65. The summed E-state index contributed by atoms with van der Waals surface area (Å²) in [6, 6.07) is 9.91. The van der Waals surface area contributed by atoms with Crippen molar-refractivity contribution in [3.63, 3.8) is 0 Å². The summed E-state index contributed by atoms with van der Waals surface area (Å²) in [5.74, 6) is 0. The Labute approximate surface area is 72.6 Å². The van der Waals surface area contributed by atoms with Gasteiger partial charge in [0.2, 0.25) is 0 Å². The number of nitrogens with one attached hydrogen (secondary N) is 1. The fourth-order valence-electron chi connectivity index (χ4n) is 0.775. The molecule has 1 aromatic rings. The SMILES string of the molecule is C/C=C\N=C/Nc1ccccc1. The van der Waals surface area contributed by atoms with Gasteiger partial charge in [-0.05, 0) is 19.1 Å². The first-order valence-corrected chi connectivity index (χ1v) is 3.88. The molecule has 0 heterocycles. The summed E-state index contributed by atoms with van der Waals surface area (Å²) >= 11 is 0. The molecule has 0 fully saturated rings. The van der Waals surface area contributed by atoms with Crippen molar-refractivity contribution < 1.29 is 0 Å². The zero-order valence-corrected chi connectivity index (χ0v) is 7.07. The molecule has 0 atom stereocenters. The lowest BCUT2D eigenvalue weighted by Crippen LogP contribution is -1.92. The molecule has 12 heavy (non-hydrogen) atoms. The van der Waals surface area contributed by atoms with Crippen LogP contribution in [0.1, 0.15) is 6.92 Å². The molecule has 0 aliphatic heterocycles. The maximum absolute atomic E-state index is 3.97. The van der Waals surface area contributed by atoms with Crippen molar-refractivity contribution in [2.45, 2.75) is 6.92 Å². The van der Waals surface area contributed by atoms with E-state index < -0.39 is 0 Å². The molecule has 0 saturated carbocycles. The van der Waals surface area contributed by atoms with E-state index in [1.807, 2.05) is 43.3 Å². The molecule has 0 aliphatic rings. The third-order valence-corrected chi connectivity index (χ3v) is 1.31. The van der Waals surface area contributed by atoms with Gasteiger partial charge in [0.15, 0.2) is 0 Å². The largest absolute Gasteiger partial charge is 0.346 e. The second-order valence-corrected chi connectivity index (χ2v) is 2.27. The van der Waals surface area contributed by atoms with Gasteiger partial charge in [0, 0.05) is 11.9 Å². The van der Waals surface area contributed by atoms with Crippen LogP contribution in [0.25, 0.3) is 0 Å². The highest BCUT2D eigenvalue weighted by molar-refractivity contribution is 5.75. The highest BCUT2D eigenvalue weighted by Crippen LogP contribution is 2.02. The number of aliphatic imine (C=N–C) groups is 1. The number of allylic oxidation sites excluding steroid dienone is 1. The maximum Gasteiger partial charge on any atom is 0.0922 e. The highest BCUT2D eigenvalue weighted by atomic mass is 14.9. The van der Waals surface area contributed by atoms with Gasteiger partial charge in [-0.1, -0.05) is 24.3 Å². The van der Waals surface area contributed by atoms with Crippen molar-refractivity contribution in [3.05, 3.63) is 42.6 Å². The van der Waals surface area contributed by atoms with E-state index in [4.69, 9.17) is 0 Å². The van der Waals surface area contributed by atoms with E-state index in [1.54, 1.807) is 12.5 Å². The van der Waals surface area contributed by atoms with E-state index in [0.717, 1.165) is 5.69 Å². The lowest BCUT2D eigenvalue weighted by atomic mass is 10.3. The summed E-state index contributed by atoms with van der Waals surface area (Å²) < 4.78 is 0. The Morgan fingerprint density at radius 3 is 2.67 bits per heavy atom. The molecule has 0 unspecified atom stereocenters. The van der Waals surface area contributed by atoms with Crippen LogP contribution < -0.4 is 5.32 Å². The molecule has 0 radical (unpaired) electrons. The second kappa shape index (κ2) is 5.13. The number of hydrogen-bond acceptors (Lipinski definition) is 1. The minimum atomic E-state index is 1.05. The number of benzene rings is 1. The topological polar surface area (TPSA) is 24.4 Å². The molecular weight excluding hydrogens is 148 g/mol. The van der Waals surface area contributed by atoms with Gasteiger partial charge in [-0.15, -0.1) is 0 Å². The molecule has 0 aliphatic carbocycles. The quantitative estimate of drug-likeness (QED) is 0.533. The summed E-state index contributed by atoms with van der Waals surface area (Å²) in [5, 5.41) is 3.04. The molecule has 2 heteroatoms. The van der Waals surface area contributed by atoms with Crippen molar-refractivity contribution in [1.82, 2.24) is 0 Å². The molecule has 0 aromatic heterocycles. The first-order valence-electron chi connectivity index (χ1n) is 3.88. The zero-order valence-electron chi connectivity index (χ0n) is 7.07. The van der Waals surface area contributed by atoms with E-state index in [0.29, 0.717) is 0 Å². The normalized spacial score (nSPS) is 11.1. The fourth-order valence-corrected chi connectivity index (χ4v) is 0.775. The number of anilines is 1. The van der Waals surface area contributed by atoms with Crippen LogP contribution in [0.5, 0.6) is 0 Å². The van der Waals surface area contributed by atoms with Crippen LogP contribution in [0.2, 0.25) is 0 Å². The first kappa shape index (κ1) is 8.53. The average molecular weight is 160 g/mol. The highest BCUT2D eigenvalue weighted by Gasteiger charge is 1.81. The predicted molar refractivity (Wildman–Crippen MR) is 53.4 cm³/mol. The van der Waals surface area contributed by atoms with E-state index in [9.17, 15) is 0 Å². The van der Waals surface area contributed by atoms with Gasteiger partial charge in [-0.25, -0.2) is 4.99 Å². The smallest absolute Gasteiger partial charge is 0.0922 e. The number of para-hydroxylation sites is 1. The van der Waals surface area contributed by atoms with Crippen LogP contribution in [-0.2, 0) is 0 Å². The minimum Gasteiger partial charge on any atom is -0.346 e. The first-order chi connectivity index (χ1) is 5.93. The summed E-state index contributed by atoms with van der Waals surface area (Å²) in [6.07, 6.45) is 5.27. The van der Waals surface area contributed by atoms with Gasteiger partial charge in [0.1, 0.15) is 0 Å². The van der Waals surface area contributed by atoms with Gasteiger partial charge >= 0.3 is 0 Å². The predicted octanol–water partition coefficient (Wildman–Crippen LogP) is 2.66. The second-order valence-electron chi connectivity index (χ2n) is 2.27. The Hall–Kier alpha value is -1.57. The molecular formula is C10H12N2. The molecule has 1 N–H and O–H groups in total. The molecule has 0 bridgehead atoms. The monoisotopic (exact) mass is 160 g/mol. The molecule has 0 saturated heterocycles. The summed E-state index contributed by atoms with van der Waals surface area (Å²) in [5.41, 5.74) is 1.05. The van der Waals surface area contributed by atoms with Gasteiger partial charge in [-0.3, -0.25) is 0 Å². The fraction of sp³-hybridized carbons (Fsp3) is 0.100. The molecule has 0 amide bonds. The van der Waals surface area contributed by atoms with Crippen molar-refractivity contribution in [2.24, 2.45) is 4.99 Å². The molecule has 62 valence electrons. The van der Waals surface area contributed by atoms with Crippen molar-refractivity contribution >= 4 is 12.0 Å². The van der Waals surface area contributed by atoms with E-state index in [-0.39, 0.29) is 0 Å². The third-order valence-electron chi connectivity index (χ3n) is 1.31. The summed E-state index contributed by atoms with van der Waals surface area (Å²) in [7, 11) is 0. The Morgan fingerprint density at radius 2 is 2.00 bits per heavy atom. The maximum atomic E-state index is 3.97. The Bertz CT molecular complexity index is 262. The number of rotatable bonds is 3.